The second-order valence-electron chi connectivity index (χ2n) is 5.75. The fourth-order valence-electron chi connectivity index (χ4n) is 2.75. The van der Waals surface area contributed by atoms with Crippen LogP contribution in [0.1, 0.15) is 12.0 Å². The summed E-state index contributed by atoms with van der Waals surface area (Å²) >= 11 is 0. The van der Waals surface area contributed by atoms with E-state index >= 15 is 0 Å². The number of hydrogen-bond acceptors (Lipinski definition) is 7. The van der Waals surface area contributed by atoms with Crippen molar-refractivity contribution in [2.75, 3.05) is 19.5 Å². The Balaban J connectivity index is 1.90. The van der Waals surface area contributed by atoms with Gasteiger partial charge in [0.05, 0.1) is 26.5 Å². The number of nitrogens with one attached hydrogen (secondary N) is 1. The van der Waals surface area contributed by atoms with Gasteiger partial charge in [0.2, 0.25) is 0 Å². The Morgan fingerprint density at radius 3 is 3.04 bits per heavy atom. The lowest BCUT2D eigenvalue weighted by Gasteiger charge is -2.10. The number of hydrogen-bond donors (Lipinski definition) is 2. The largest absolute Gasteiger partial charge is 0.497 e. The average Bonchev–Trinajstić information content (AvgIpc) is 2.94. The first-order valence-electron chi connectivity index (χ1n) is 8.02. The number of benzene rings is 1. The summed E-state index contributed by atoms with van der Waals surface area (Å²) in [6.45, 7) is 0.606. The summed E-state index contributed by atoms with van der Waals surface area (Å²) in [6, 6.07) is 5.56. The van der Waals surface area contributed by atoms with Crippen LogP contribution >= 0.6 is 0 Å². The lowest BCUT2D eigenvalue weighted by molar-refractivity contribution is 0.299. The number of methoxy groups -OCH3 is 1. The van der Waals surface area contributed by atoms with E-state index in [1.165, 1.54) is 4.57 Å². The van der Waals surface area contributed by atoms with Gasteiger partial charge in [0, 0.05) is 12.5 Å². The number of ether oxygens (including phenoxy) is 3. The summed E-state index contributed by atoms with van der Waals surface area (Å²) in [5.74, 6) is 1.40. The summed E-state index contributed by atoms with van der Waals surface area (Å²) in [5.41, 5.74) is 7.19. The van der Waals surface area contributed by atoms with Crippen LogP contribution in [0.3, 0.4) is 0 Å². The van der Waals surface area contributed by atoms with Crippen molar-refractivity contribution < 1.29 is 14.2 Å². The predicted octanol–water partition coefficient (Wildman–Crippen LogP) is 1.43. The second kappa shape index (κ2) is 6.43. The summed E-state index contributed by atoms with van der Waals surface area (Å²) in [4.78, 5) is 23.5. The molecular weight excluding hydrogens is 338 g/mol. The van der Waals surface area contributed by atoms with Gasteiger partial charge in [-0.1, -0.05) is 0 Å². The van der Waals surface area contributed by atoms with Crippen LogP contribution in [-0.2, 0) is 6.54 Å². The Kier molecular flexibility index (Phi) is 3.96. The monoisotopic (exact) mass is 355 g/mol. The fraction of sp³-hybridized carbons (Fsp3) is 0.235. The van der Waals surface area contributed by atoms with Crippen molar-refractivity contribution in [3.8, 4) is 17.5 Å². The third-order valence-corrected chi connectivity index (χ3v) is 3.96. The molecular formula is C17H17N5O4. The first-order valence-corrected chi connectivity index (χ1v) is 8.02. The summed E-state index contributed by atoms with van der Waals surface area (Å²) in [6.07, 6.45) is 4.01. The van der Waals surface area contributed by atoms with Gasteiger partial charge in [0.15, 0.2) is 11.5 Å². The Hall–Kier alpha value is -3.49. The molecule has 0 spiro atoms. The quantitative estimate of drug-likeness (QED) is 0.678. The molecule has 134 valence electrons. The molecule has 0 aliphatic carbocycles. The number of nitrogens with two attached hydrogens (primary N) is 1. The molecule has 0 radical (unpaired) electrons. The fourth-order valence-corrected chi connectivity index (χ4v) is 2.75. The predicted molar refractivity (Wildman–Crippen MR) is 94.5 cm³/mol. The molecule has 2 aromatic heterocycles. The third kappa shape index (κ3) is 2.94. The molecule has 0 saturated heterocycles. The molecule has 1 aromatic carbocycles. The van der Waals surface area contributed by atoms with E-state index in [2.05, 4.69) is 15.0 Å². The molecule has 3 aromatic rings. The highest BCUT2D eigenvalue weighted by Crippen LogP contribution is 2.25. The van der Waals surface area contributed by atoms with Gasteiger partial charge >= 0.3 is 11.7 Å². The number of aromatic nitrogens is 4. The minimum Gasteiger partial charge on any atom is -0.497 e. The van der Waals surface area contributed by atoms with E-state index in [0.29, 0.717) is 35.7 Å². The van der Waals surface area contributed by atoms with Crippen molar-refractivity contribution in [3.05, 3.63) is 46.6 Å². The molecule has 9 heteroatoms. The molecule has 4 bridgehead atoms. The molecule has 3 heterocycles. The van der Waals surface area contributed by atoms with E-state index in [1.54, 1.807) is 19.4 Å². The maximum absolute atomic E-state index is 12.4. The van der Waals surface area contributed by atoms with Crippen molar-refractivity contribution >= 4 is 17.0 Å². The normalized spacial score (nSPS) is 15.1. The van der Waals surface area contributed by atoms with Crippen LogP contribution in [-0.4, -0.2) is 33.2 Å². The van der Waals surface area contributed by atoms with E-state index in [-0.39, 0.29) is 24.1 Å². The van der Waals surface area contributed by atoms with Crippen molar-refractivity contribution in [1.29, 1.82) is 0 Å². The highest BCUT2D eigenvalue weighted by molar-refractivity contribution is 5.81. The summed E-state index contributed by atoms with van der Waals surface area (Å²) in [7, 11) is 1.58. The zero-order valence-electron chi connectivity index (χ0n) is 14.1. The van der Waals surface area contributed by atoms with Gasteiger partial charge in [-0.15, -0.1) is 0 Å². The van der Waals surface area contributed by atoms with Crippen molar-refractivity contribution in [3.63, 3.8) is 0 Å². The maximum Gasteiger partial charge on any atom is 0.328 e. The molecule has 0 saturated carbocycles. The standard InChI is InChI=1S/C17H17N5O4/c1-24-11-6-10-7-12(8-11)25-4-2-3-5-26-16-20-14(18)13-15(21-16)22(9-10)17(23)19-13/h2,4,6-8H,3,5,9H2,1H3,(H,19,23)(H2,18,20,21)/b4-2-. The number of anilines is 1. The van der Waals surface area contributed by atoms with Crippen LogP contribution in [0.25, 0.3) is 11.2 Å². The van der Waals surface area contributed by atoms with E-state index in [0.717, 1.165) is 5.56 Å². The zero-order valence-corrected chi connectivity index (χ0v) is 14.1. The Morgan fingerprint density at radius 2 is 2.19 bits per heavy atom. The Bertz CT molecular complexity index is 1050. The second-order valence-corrected chi connectivity index (χ2v) is 5.75. The van der Waals surface area contributed by atoms with Crippen molar-refractivity contribution in [1.82, 2.24) is 19.5 Å². The number of aromatic amines is 1. The number of nitrogens with zero attached hydrogens (tertiary/aromatic N) is 3. The summed E-state index contributed by atoms with van der Waals surface area (Å²) in [5, 5.41) is 0. The number of imidazole rings is 1. The lowest BCUT2D eigenvalue weighted by Crippen LogP contribution is -2.18. The van der Waals surface area contributed by atoms with Crippen LogP contribution in [0.15, 0.2) is 35.3 Å². The molecule has 1 aliphatic rings. The number of fused-ring (bicyclic) bond motifs is 3. The van der Waals surface area contributed by atoms with Crippen LogP contribution < -0.4 is 25.6 Å². The van der Waals surface area contributed by atoms with Crippen LogP contribution in [0.4, 0.5) is 5.82 Å². The minimum atomic E-state index is -0.338. The molecule has 0 fully saturated rings. The van der Waals surface area contributed by atoms with Gasteiger partial charge in [-0.3, -0.25) is 4.57 Å². The van der Waals surface area contributed by atoms with Crippen LogP contribution in [0.2, 0.25) is 0 Å². The van der Waals surface area contributed by atoms with E-state index in [1.807, 2.05) is 18.2 Å². The molecule has 4 rings (SSSR count). The minimum absolute atomic E-state index is 0.125. The van der Waals surface area contributed by atoms with E-state index < -0.39 is 0 Å². The molecule has 26 heavy (non-hydrogen) atoms. The van der Waals surface area contributed by atoms with Gasteiger partial charge in [0.1, 0.15) is 17.0 Å². The molecule has 0 unspecified atom stereocenters. The SMILES string of the molecule is COc1cc2cc(c1)O/C=C\CCOc1nc(N)c3[nH]c(=O)n(c3n1)C2. The summed E-state index contributed by atoms with van der Waals surface area (Å²) < 4.78 is 18.0. The van der Waals surface area contributed by atoms with Gasteiger partial charge in [-0.2, -0.15) is 9.97 Å². The molecule has 9 nitrogen and oxygen atoms in total. The van der Waals surface area contributed by atoms with Crippen LogP contribution in [0, 0.1) is 0 Å². The average molecular weight is 355 g/mol. The topological polar surface area (TPSA) is 117 Å². The highest BCUT2D eigenvalue weighted by Gasteiger charge is 2.16. The van der Waals surface area contributed by atoms with Crippen LogP contribution in [0.5, 0.6) is 17.5 Å². The number of rotatable bonds is 1. The molecule has 0 amide bonds. The number of H-pyrrole nitrogens is 1. The van der Waals surface area contributed by atoms with Gasteiger partial charge in [-0.05, 0) is 23.8 Å². The molecule has 1 aliphatic heterocycles. The first-order chi connectivity index (χ1) is 12.6. The molecule has 3 N–H and O–H groups in total. The van der Waals surface area contributed by atoms with Gasteiger partial charge in [0.25, 0.3) is 0 Å². The third-order valence-electron chi connectivity index (χ3n) is 3.96. The van der Waals surface area contributed by atoms with Gasteiger partial charge < -0.3 is 24.9 Å². The highest BCUT2D eigenvalue weighted by atomic mass is 16.5. The van der Waals surface area contributed by atoms with E-state index in [4.69, 9.17) is 19.9 Å². The zero-order chi connectivity index (χ0) is 18.1. The Morgan fingerprint density at radius 1 is 1.31 bits per heavy atom. The smallest absolute Gasteiger partial charge is 0.328 e. The Labute approximate surface area is 148 Å². The molecule has 0 atom stereocenters. The van der Waals surface area contributed by atoms with Gasteiger partial charge in [-0.25, -0.2) is 4.79 Å². The lowest BCUT2D eigenvalue weighted by atomic mass is 10.2. The maximum atomic E-state index is 12.4. The van der Waals surface area contributed by atoms with Crippen molar-refractivity contribution in [2.24, 2.45) is 0 Å². The van der Waals surface area contributed by atoms with E-state index in [9.17, 15) is 4.79 Å². The first kappa shape index (κ1) is 16.0. The number of nitrogen functional groups attached to an aromatic ring is 1. The van der Waals surface area contributed by atoms with Crippen molar-refractivity contribution in [2.45, 2.75) is 13.0 Å².